The summed E-state index contributed by atoms with van der Waals surface area (Å²) in [5.41, 5.74) is 8.18. The summed E-state index contributed by atoms with van der Waals surface area (Å²) in [5, 5.41) is 3.03. The third-order valence-corrected chi connectivity index (χ3v) is 5.50. The predicted octanol–water partition coefficient (Wildman–Crippen LogP) is 3.85. The first kappa shape index (κ1) is 22.6. The molecular weight excluding hydrogens is 426 g/mol. The van der Waals surface area contributed by atoms with Crippen molar-refractivity contribution in [1.82, 2.24) is 15.0 Å². The van der Waals surface area contributed by atoms with Gasteiger partial charge in [0.25, 0.3) is 0 Å². The summed E-state index contributed by atoms with van der Waals surface area (Å²) in [7, 11) is 0. The van der Waals surface area contributed by atoms with Crippen LogP contribution in [0.15, 0.2) is 48.9 Å². The molecule has 1 aromatic carbocycles. The monoisotopic (exact) mass is 452 g/mol. The van der Waals surface area contributed by atoms with E-state index in [0.29, 0.717) is 18.8 Å². The van der Waals surface area contributed by atoms with Crippen molar-refractivity contribution in [3.8, 4) is 0 Å². The average molecular weight is 453 g/mol. The number of nitrogens with one attached hydrogen (secondary N) is 1. The van der Waals surface area contributed by atoms with Crippen LogP contribution in [0.5, 0.6) is 0 Å². The van der Waals surface area contributed by atoms with Gasteiger partial charge in [0.1, 0.15) is 12.5 Å². The van der Waals surface area contributed by atoms with Gasteiger partial charge in [0.2, 0.25) is 11.7 Å². The van der Waals surface area contributed by atoms with Crippen LogP contribution in [0.4, 0.5) is 20.4 Å². The van der Waals surface area contributed by atoms with Crippen molar-refractivity contribution in [3.63, 3.8) is 0 Å². The molecule has 2 heterocycles. The molecule has 1 fully saturated rings. The highest BCUT2D eigenvalue weighted by Gasteiger charge is 2.32. The molecule has 33 heavy (non-hydrogen) atoms. The Bertz CT molecular complexity index is 1100. The van der Waals surface area contributed by atoms with Crippen LogP contribution in [0.2, 0.25) is 0 Å². The molecule has 0 bridgehead atoms. The van der Waals surface area contributed by atoms with Crippen LogP contribution in [-0.2, 0) is 24.3 Å². The number of nitrogens with zero attached hydrogens (tertiary/aromatic N) is 4. The van der Waals surface area contributed by atoms with Crippen LogP contribution < -0.4 is 16.0 Å². The van der Waals surface area contributed by atoms with Crippen molar-refractivity contribution in [2.75, 3.05) is 10.2 Å². The van der Waals surface area contributed by atoms with Gasteiger partial charge in [-0.05, 0) is 42.5 Å². The largest absolute Gasteiger partial charge is 0.369 e. The summed E-state index contributed by atoms with van der Waals surface area (Å²) in [6.07, 6.45) is 3.93. The Balaban J connectivity index is 1.47. The van der Waals surface area contributed by atoms with E-state index < -0.39 is 12.0 Å². The number of carbonyl (C=O) groups excluding carboxylic acids is 1. The van der Waals surface area contributed by atoms with Crippen LogP contribution in [0.1, 0.15) is 48.3 Å². The molecular formula is C24H26F2N6O. The predicted molar refractivity (Wildman–Crippen MR) is 122 cm³/mol. The maximum Gasteiger partial charge on any atom is 0.221 e. The Morgan fingerprint density at radius 3 is 2.42 bits per heavy atom. The van der Waals surface area contributed by atoms with E-state index in [2.05, 4.69) is 20.3 Å². The fraction of sp³-hybridized carbons (Fsp3) is 0.333. The molecule has 1 saturated carbocycles. The number of pyridine rings is 1. The standard InChI is InChI=1S/C24H26F2N6O/c1-15(25)20-9-6-18(12-28-20)13-32(19-7-8-19)24-22(26)23(30-14-31-24)29-11-17-4-2-16(3-5-17)10-21(27)33/h2-6,9,12,14-15,19H,7-8,10-11,13H2,1H3,(H2,27,33)(H,29,30,31). The molecule has 1 unspecified atom stereocenters. The van der Waals surface area contributed by atoms with E-state index in [1.165, 1.54) is 13.3 Å². The third-order valence-electron chi connectivity index (χ3n) is 5.50. The maximum absolute atomic E-state index is 15.3. The zero-order valence-electron chi connectivity index (χ0n) is 18.3. The lowest BCUT2D eigenvalue weighted by Gasteiger charge is -2.24. The van der Waals surface area contributed by atoms with Crippen LogP contribution in [0.3, 0.4) is 0 Å². The average Bonchev–Trinajstić information content (AvgIpc) is 3.63. The SMILES string of the molecule is CC(F)c1ccc(CN(c2ncnc(NCc3ccc(CC(N)=O)cc3)c2F)C2CC2)cn1. The van der Waals surface area contributed by atoms with Crippen molar-refractivity contribution in [3.05, 3.63) is 77.1 Å². The number of benzene rings is 1. The van der Waals surface area contributed by atoms with Crippen LogP contribution in [0.25, 0.3) is 0 Å². The lowest BCUT2D eigenvalue weighted by Crippen LogP contribution is -2.27. The van der Waals surface area contributed by atoms with Crippen LogP contribution >= 0.6 is 0 Å². The second-order valence-corrected chi connectivity index (χ2v) is 8.24. The number of hydrogen-bond donors (Lipinski definition) is 2. The van der Waals surface area contributed by atoms with E-state index >= 15 is 4.39 Å². The second-order valence-electron chi connectivity index (χ2n) is 8.24. The summed E-state index contributed by atoms with van der Waals surface area (Å²) < 4.78 is 28.8. The number of carbonyl (C=O) groups is 1. The number of alkyl halides is 1. The van der Waals surface area contributed by atoms with Gasteiger partial charge in [-0.3, -0.25) is 9.78 Å². The van der Waals surface area contributed by atoms with Crippen molar-refractivity contribution in [1.29, 1.82) is 0 Å². The van der Waals surface area contributed by atoms with Gasteiger partial charge >= 0.3 is 0 Å². The zero-order chi connectivity index (χ0) is 23.4. The molecule has 0 aliphatic heterocycles. The molecule has 9 heteroatoms. The van der Waals surface area contributed by atoms with E-state index in [1.807, 2.05) is 35.2 Å². The number of aromatic nitrogens is 3. The summed E-state index contributed by atoms with van der Waals surface area (Å²) >= 11 is 0. The Hall–Kier alpha value is -3.62. The summed E-state index contributed by atoms with van der Waals surface area (Å²) in [4.78, 5) is 25.4. The normalized spacial score (nSPS) is 14.0. The first-order valence-corrected chi connectivity index (χ1v) is 10.9. The lowest BCUT2D eigenvalue weighted by atomic mass is 10.1. The molecule has 172 valence electrons. The number of anilines is 2. The number of nitrogens with two attached hydrogens (primary N) is 1. The van der Waals surface area contributed by atoms with Crippen LogP contribution in [-0.4, -0.2) is 26.9 Å². The van der Waals surface area contributed by atoms with Gasteiger partial charge < -0.3 is 16.0 Å². The fourth-order valence-electron chi connectivity index (χ4n) is 3.57. The third kappa shape index (κ3) is 5.79. The quantitative estimate of drug-likeness (QED) is 0.485. The number of rotatable bonds is 10. The minimum absolute atomic E-state index is 0.117. The Morgan fingerprint density at radius 1 is 1.12 bits per heavy atom. The number of primary amides is 1. The highest BCUT2D eigenvalue weighted by molar-refractivity contribution is 5.76. The molecule has 1 aliphatic rings. The van der Waals surface area contributed by atoms with Crippen molar-refractivity contribution >= 4 is 17.5 Å². The molecule has 1 aliphatic carbocycles. The van der Waals surface area contributed by atoms with Crippen molar-refractivity contribution in [2.45, 2.75) is 51.5 Å². The lowest BCUT2D eigenvalue weighted by molar-refractivity contribution is -0.117. The summed E-state index contributed by atoms with van der Waals surface area (Å²) in [6.45, 7) is 2.23. The Morgan fingerprint density at radius 2 is 1.82 bits per heavy atom. The van der Waals surface area contributed by atoms with E-state index in [0.717, 1.165) is 29.5 Å². The van der Waals surface area contributed by atoms with Crippen molar-refractivity contribution in [2.24, 2.45) is 5.73 Å². The minimum Gasteiger partial charge on any atom is -0.369 e. The summed E-state index contributed by atoms with van der Waals surface area (Å²) in [5.74, 6) is -0.557. The molecule has 3 aromatic rings. The van der Waals surface area contributed by atoms with Gasteiger partial charge in [0.15, 0.2) is 11.6 Å². The van der Waals surface area contributed by atoms with Gasteiger partial charge in [-0.2, -0.15) is 4.39 Å². The van der Waals surface area contributed by atoms with Gasteiger partial charge in [0, 0.05) is 25.3 Å². The van der Waals surface area contributed by atoms with Crippen LogP contribution in [0, 0.1) is 5.82 Å². The first-order valence-electron chi connectivity index (χ1n) is 10.9. The maximum atomic E-state index is 15.3. The molecule has 7 nitrogen and oxygen atoms in total. The number of amides is 1. The smallest absolute Gasteiger partial charge is 0.221 e. The minimum atomic E-state index is -1.13. The van der Waals surface area contributed by atoms with E-state index in [-0.39, 0.29) is 30.0 Å². The second kappa shape index (κ2) is 9.89. The number of halogens is 2. The zero-order valence-corrected chi connectivity index (χ0v) is 18.3. The highest BCUT2D eigenvalue weighted by atomic mass is 19.1. The molecule has 1 amide bonds. The molecule has 0 radical (unpaired) electrons. The first-order chi connectivity index (χ1) is 15.9. The molecule has 0 saturated heterocycles. The Kier molecular flexibility index (Phi) is 6.76. The van der Waals surface area contributed by atoms with E-state index in [4.69, 9.17) is 5.73 Å². The Labute approximate surface area is 191 Å². The van der Waals surface area contributed by atoms with E-state index in [9.17, 15) is 9.18 Å². The molecule has 2 aromatic heterocycles. The highest BCUT2D eigenvalue weighted by Crippen LogP contribution is 2.34. The molecule has 0 spiro atoms. The van der Waals surface area contributed by atoms with E-state index in [1.54, 1.807) is 12.3 Å². The molecule has 4 rings (SSSR count). The fourth-order valence-corrected chi connectivity index (χ4v) is 3.57. The number of hydrogen-bond acceptors (Lipinski definition) is 6. The van der Waals surface area contributed by atoms with Gasteiger partial charge in [-0.1, -0.05) is 30.3 Å². The molecule has 3 N–H and O–H groups in total. The van der Waals surface area contributed by atoms with Gasteiger partial charge in [-0.25, -0.2) is 14.4 Å². The topological polar surface area (TPSA) is 97.0 Å². The van der Waals surface area contributed by atoms with Gasteiger partial charge in [0.05, 0.1) is 12.1 Å². The van der Waals surface area contributed by atoms with Crippen molar-refractivity contribution < 1.29 is 13.6 Å². The molecule has 1 atom stereocenters. The summed E-state index contributed by atoms with van der Waals surface area (Å²) in [6, 6.07) is 11.0. The van der Waals surface area contributed by atoms with Gasteiger partial charge in [-0.15, -0.1) is 0 Å².